The topological polar surface area (TPSA) is 42.7 Å². The Balaban J connectivity index is 1.79. The first-order valence-corrected chi connectivity index (χ1v) is 8.17. The third kappa shape index (κ3) is 2.84. The number of aromatic nitrogens is 3. The number of aryl methyl sites for hydroxylation is 2. The van der Waals surface area contributed by atoms with Crippen molar-refractivity contribution in [2.24, 2.45) is 0 Å². The van der Waals surface area contributed by atoms with Gasteiger partial charge in [-0.1, -0.05) is 18.2 Å². The van der Waals surface area contributed by atoms with Gasteiger partial charge in [0.25, 0.3) is 0 Å². The van der Waals surface area contributed by atoms with Gasteiger partial charge in [0.05, 0.1) is 17.3 Å². The minimum absolute atomic E-state index is 0.245. The van der Waals surface area contributed by atoms with Gasteiger partial charge in [0.2, 0.25) is 0 Å². The highest BCUT2D eigenvalue weighted by atomic mass is 32.1. The fraction of sp³-hybridized carbons (Fsp3) is 0.375. The molecule has 0 radical (unpaired) electrons. The maximum absolute atomic E-state index is 4.72. The highest BCUT2D eigenvalue weighted by Crippen LogP contribution is 2.21. The molecule has 0 amide bonds. The quantitative estimate of drug-likeness (QED) is 0.781. The summed E-state index contributed by atoms with van der Waals surface area (Å²) in [6.07, 6.45) is 0. The Bertz CT molecular complexity index is 744. The van der Waals surface area contributed by atoms with Crippen molar-refractivity contribution in [2.75, 3.05) is 0 Å². The second kappa shape index (κ2) is 5.95. The van der Waals surface area contributed by atoms with Crippen LogP contribution in [0, 0.1) is 6.92 Å². The molecule has 0 spiro atoms. The zero-order chi connectivity index (χ0) is 14.8. The van der Waals surface area contributed by atoms with E-state index in [0.29, 0.717) is 0 Å². The molecule has 0 saturated heterocycles. The molecule has 3 rings (SSSR count). The zero-order valence-corrected chi connectivity index (χ0v) is 13.4. The van der Waals surface area contributed by atoms with E-state index in [1.54, 1.807) is 11.3 Å². The van der Waals surface area contributed by atoms with E-state index >= 15 is 0 Å². The van der Waals surface area contributed by atoms with Crippen LogP contribution in [0.2, 0.25) is 0 Å². The Kier molecular flexibility index (Phi) is 4.03. The fourth-order valence-electron chi connectivity index (χ4n) is 2.48. The molecular weight excluding hydrogens is 280 g/mol. The van der Waals surface area contributed by atoms with E-state index in [1.807, 2.05) is 6.92 Å². The summed E-state index contributed by atoms with van der Waals surface area (Å²) in [7, 11) is 0. The molecule has 0 saturated carbocycles. The van der Waals surface area contributed by atoms with Gasteiger partial charge in [-0.05, 0) is 26.8 Å². The number of nitrogens with one attached hydrogen (secondary N) is 1. The molecule has 1 N–H and O–H groups in total. The van der Waals surface area contributed by atoms with E-state index in [4.69, 9.17) is 5.10 Å². The Morgan fingerprint density at radius 1 is 1.33 bits per heavy atom. The van der Waals surface area contributed by atoms with Crippen molar-refractivity contribution in [3.8, 4) is 0 Å². The van der Waals surface area contributed by atoms with E-state index in [-0.39, 0.29) is 6.04 Å². The molecule has 1 unspecified atom stereocenters. The summed E-state index contributed by atoms with van der Waals surface area (Å²) in [5.41, 5.74) is 3.39. The van der Waals surface area contributed by atoms with Crippen molar-refractivity contribution in [2.45, 2.75) is 39.9 Å². The van der Waals surface area contributed by atoms with Gasteiger partial charge in [0.1, 0.15) is 5.01 Å². The Morgan fingerprint density at radius 2 is 2.14 bits per heavy atom. The van der Waals surface area contributed by atoms with Crippen LogP contribution in [-0.4, -0.2) is 14.8 Å². The van der Waals surface area contributed by atoms with E-state index in [9.17, 15) is 0 Å². The number of benzene rings is 1. The standard InChI is InChI=1S/C16H20N4S/c1-4-20-15-8-6-5-7-13(15)14(19-20)9-17-12(3)16-18-11(2)10-21-16/h5-8,10,12,17H,4,9H2,1-3H3. The van der Waals surface area contributed by atoms with E-state index in [0.717, 1.165) is 29.5 Å². The molecule has 4 nitrogen and oxygen atoms in total. The van der Waals surface area contributed by atoms with Gasteiger partial charge in [-0.25, -0.2) is 4.98 Å². The average Bonchev–Trinajstić information content (AvgIpc) is 3.09. The predicted molar refractivity (Wildman–Crippen MR) is 87.5 cm³/mol. The molecule has 0 aliphatic carbocycles. The average molecular weight is 300 g/mol. The maximum atomic E-state index is 4.72. The Hall–Kier alpha value is -1.72. The van der Waals surface area contributed by atoms with Gasteiger partial charge >= 0.3 is 0 Å². The van der Waals surface area contributed by atoms with Crippen molar-refractivity contribution in [1.29, 1.82) is 0 Å². The summed E-state index contributed by atoms with van der Waals surface area (Å²) < 4.78 is 2.06. The van der Waals surface area contributed by atoms with Gasteiger partial charge in [0.15, 0.2) is 0 Å². The zero-order valence-electron chi connectivity index (χ0n) is 12.6. The highest BCUT2D eigenvalue weighted by molar-refractivity contribution is 7.09. The fourth-order valence-corrected chi connectivity index (χ4v) is 3.30. The van der Waals surface area contributed by atoms with E-state index in [1.165, 1.54) is 10.9 Å². The lowest BCUT2D eigenvalue weighted by Crippen LogP contribution is -2.18. The molecule has 2 heterocycles. The monoisotopic (exact) mass is 300 g/mol. The molecule has 3 aromatic rings. The summed E-state index contributed by atoms with van der Waals surface area (Å²) >= 11 is 1.71. The largest absolute Gasteiger partial charge is 0.302 e. The smallest absolute Gasteiger partial charge is 0.110 e. The number of nitrogens with zero attached hydrogens (tertiary/aromatic N) is 3. The third-order valence-corrected chi connectivity index (χ3v) is 4.76. The molecule has 0 aliphatic rings. The Morgan fingerprint density at radius 3 is 2.86 bits per heavy atom. The summed E-state index contributed by atoms with van der Waals surface area (Å²) in [6.45, 7) is 7.95. The minimum atomic E-state index is 0.245. The molecule has 2 aromatic heterocycles. The Labute approximate surface area is 128 Å². The summed E-state index contributed by atoms with van der Waals surface area (Å²) in [6, 6.07) is 8.65. The molecule has 5 heteroatoms. The van der Waals surface area contributed by atoms with Gasteiger partial charge < -0.3 is 5.32 Å². The van der Waals surface area contributed by atoms with Crippen molar-refractivity contribution < 1.29 is 0 Å². The van der Waals surface area contributed by atoms with Gasteiger partial charge in [-0.3, -0.25) is 4.68 Å². The first-order valence-electron chi connectivity index (χ1n) is 7.29. The van der Waals surface area contributed by atoms with Crippen LogP contribution >= 0.6 is 11.3 Å². The molecule has 0 aliphatic heterocycles. The lowest BCUT2D eigenvalue weighted by molar-refractivity contribution is 0.556. The summed E-state index contributed by atoms with van der Waals surface area (Å²) in [5.74, 6) is 0. The van der Waals surface area contributed by atoms with Crippen LogP contribution < -0.4 is 5.32 Å². The molecule has 21 heavy (non-hydrogen) atoms. The van der Waals surface area contributed by atoms with Crippen LogP contribution in [0.4, 0.5) is 0 Å². The second-order valence-electron chi connectivity index (χ2n) is 5.21. The van der Waals surface area contributed by atoms with E-state index < -0.39 is 0 Å². The number of thiazole rings is 1. The van der Waals surface area contributed by atoms with Crippen molar-refractivity contribution in [3.63, 3.8) is 0 Å². The number of para-hydroxylation sites is 1. The molecule has 1 aromatic carbocycles. The summed E-state index contributed by atoms with van der Waals surface area (Å²) in [5, 5.41) is 12.7. The number of hydrogen-bond acceptors (Lipinski definition) is 4. The lowest BCUT2D eigenvalue weighted by atomic mass is 10.2. The van der Waals surface area contributed by atoms with Gasteiger partial charge in [-0.2, -0.15) is 5.10 Å². The number of hydrogen-bond donors (Lipinski definition) is 1. The van der Waals surface area contributed by atoms with Crippen LogP contribution in [0.1, 0.15) is 36.3 Å². The highest BCUT2D eigenvalue weighted by Gasteiger charge is 2.12. The molecular formula is C16H20N4S. The predicted octanol–water partition coefficient (Wildman–Crippen LogP) is 3.67. The lowest BCUT2D eigenvalue weighted by Gasteiger charge is -2.09. The maximum Gasteiger partial charge on any atom is 0.110 e. The minimum Gasteiger partial charge on any atom is -0.302 e. The third-order valence-electron chi connectivity index (χ3n) is 3.62. The SMILES string of the molecule is CCn1nc(CNC(C)c2nc(C)cs2)c2ccccc21. The summed E-state index contributed by atoms with van der Waals surface area (Å²) in [4.78, 5) is 4.54. The van der Waals surface area contributed by atoms with Crippen LogP contribution in [0.5, 0.6) is 0 Å². The molecule has 0 bridgehead atoms. The number of rotatable bonds is 5. The van der Waals surface area contributed by atoms with Crippen LogP contribution in [0.25, 0.3) is 10.9 Å². The second-order valence-corrected chi connectivity index (χ2v) is 6.10. The number of fused-ring (bicyclic) bond motifs is 1. The van der Waals surface area contributed by atoms with Crippen molar-refractivity contribution in [1.82, 2.24) is 20.1 Å². The van der Waals surface area contributed by atoms with Crippen LogP contribution in [0.3, 0.4) is 0 Å². The van der Waals surface area contributed by atoms with Gasteiger partial charge in [0, 0.05) is 29.5 Å². The van der Waals surface area contributed by atoms with Gasteiger partial charge in [-0.15, -0.1) is 11.3 Å². The van der Waals surface area contributed by atoms with Crippen molar-refractivity contribution in [3.05, 3.63) is 46.0 Å². The molecule has 0 fully saturated rings. The van der Waals surface area contributed by atoms with E-state index in [2.05, 4.69) is 58.5 Å². The normalized spacial score (nSPS) is 12.9. The first kappa shape index (κ1) is 14.2. The van der Waals surface area contributed by atoms with Crippen LogP contribution in [-0.2, 0) is 13.1 Å². The molecule has 1 atom stereocenters. The van der Waals surface area contributed by atoms with Crippen LogP contribution in [0.15, 0.2) is 29.6 Å². The van der Waals surface area contributed by atoms with Crippen molar-refractivity contribution >= 4 is 22.2 Å². The first-order chi connectivity index (χ1) is 10.2. The molecule has 110 valence electrons.